The van der Waals surface area contributed by atoms with E-state index in [0.717, 1.165) is 0 Å². The van der Waals surface area contributed by atoms with Crippen LogP contribution in [0.15, 0.2) is 24.3 Å². The predicted molar refractivity (Wildman–Crippen MR) is 91.0 cm³/mol. The van der Waals surface area contributed by atoms with Gasteiger partial charge in [0.15, 0.2) is 0 Å². The molecule has 0 fully saturated rings. The summed E-state index contributed by atoms with van der Waals surface area (Å²) in [4.78, 5) is 45.8. The van der Waals surface area contributed by atoms with E-state index in [4.69, 9.17) is 5.73 Å². The van der Waals surface area contributed by atoms with Gasteiger partial charge in [0.1, 0.15) is 11.8 Å². The van der Waals surface area contributed by atoms with Crippen molar-refractivity contribution < 1.29 is 29.4 Å². The van der Waals surface area contributed by atoms with Gasteiger partial charge in [0.2, 0.25) is 17.7 Å². The Morgan fingerprint density at radius 2 is 1.62 bits per heavy atom. The lowest BCUT2D eigenvalue weighted by molar-refractivity contribution is -0.141. The van der Waals surface area contributed by atoms with Crippen LogP contribution in [0, 0.1) is 0 Å². The van der Waals surface area contributed by atoms with Crippen molar-refractivity contribution in [3.8, 4) is 5.75 Å². The Labute approximate surface area is 149 Å². The van der Waals surface area contributed by atoms with Crippen molar-refractivity contribution in [2.45, 2.75) is 25.4 Å². The number of carbonyl (C=O) groups excluding carboxylic acids is 3. The molecule has 0 aliphatic rings. The number of amides is 3. The third-order valence-corrected chi connectivity index (χ3v) is 3.29. The second-order valence-corrected chi connectivity index (χ2v) is 5.61. The van der Waals surface area contributed by atoms with Gasteiger partial charge in [-0.05, 0) is 24.6 Å². The molecule has 0 aliphatic carbocycles. The number of phenols is 1. The summed E-state index contributed by atoms with van der Waals surface area (Å²) in [6.45, 7) is 0.677. The molecule has 7 N–H and O–H groups in total. The third kappa shape index (κ3) is 7.62. The molecule has 0 spiro atoms. The Morgan fingerprint density at radius 1 is 1.04 bits per heavy atom. The van der Waals surface area contributed by atoms with Crippen LogP contribution in [0.3, 0.4) is 0 Å². The van der Waals surface area contributed by atoms with Gasteiger partial charge in [-0.25, -0.2) is 4.79 Å². The predicted octanol–water partition coefficient (Wildman–Crippen LogP) is -1.92. The molecule has 10 heteroatoms. The van der Waals surface area contributed by atoms with Gasteiger partial charge in [-0.1, -0.05) is 12.1 Å². The molecule has 0 aliphatic heterocycles. The van der Waals surface area contributed by atoms with Gasteiger partial charge in [0.05, 0.1) is 19.1 Å². The molecule has 3 amide bonds. The third-order valence-electron chi connectivity index (χ3n) is 3.29. The van der Waals surface area contributed by atoms with E-state index >= 15 is 0 Å². The van der Waals surface area contributed by atoms with Gasteiger partial charge in [-0.3, -0.25) is 14.4 Å². The maximum absolute atomic E-state index is 11.8. The van der Waals surface area contributed by atoms with Crippen LogP contribution in [-0.2, 0) is 25.6 Å². The van der Waals surface area contributed by atoms with Crippen LogP contribution in [-0.4, -0.2) is 59.1 Å². The Kier molecular flexibility index (Phi) is 8.03. The fourth-order valence-corrected chi connectivity index (χ4v) is 1.88. The molecular weight excluding hydrogens is 344 g/mol. The smallest absolute Gasteiger partial charge is 0.326 e. The van der Waals surface area contributed by atoms with Crippen LogP contribution >= 0.6 is 0 Å². The van der Waals surface area contributed by atoms with Crippen molar-refractivity contribution >= 4 is 23.7 Å². The summed E-state index contributed by atoms with van der Waals surface area (Å²) in [7, 11) is 0. The maximum atomic E-state index is 11.8. The van der Waals surface area contributed by atoms with Gasteiger partial charge in [0, 0.05) is 6.42 Å². The number of nitrogens with one attached hydrogen (secondary N) is 3. The highest BCUT2D eigenvalue weighted by molar-refractivity contribution is 5.90. The molecular formula is C16H22N4O6. The Hall–Kier alpha value is -3.14. The number of hydrogen-bond donors (Lipinski definition) is 6. The monoisotopic (exact) mass is 366 g/mol. The number of benzene rings is 1. The van der Waals surface area contributed by atoms with Gasteiger partial charge in [0.25, 0.3) is 0 Å². The molecule has 0 saturated carbocycles. The Bertz CT molecular complexity index is 659. The van der Waals surface area contributed by atoms with Crippen LogP contribution < -0.4 is 21.7 Å². The SMILES string of the molecule is CC(N)C(=O)NCC(=O)NCC(=O)NC(Cc1ccc(O)cc1)C(=O)O. The highest BCUT2D eigenvalue weighted by Crippen LogP contribution is 2.11. The molecule has 0 bridgehead atoms. The Morgan fingerprint density at radius 3 is 2.15 bits per heavy atom. The lowest BCUT2D eigenvalue weighted by Crippen LogP contribution is -2.48. The normalized spacial score (nSPS) is 12.5. The van der Waals surface area contributed by atoms with Crippen LogP contribution in [0.25, 0.3) is 0 Å². The van der Waals surface area contributed by atoms with E-state index in [1.54, 1.807) is 12.1 Å². The van der Waals surface area contributed by atoms with Crippen molar-refractivity contribution in [3.63, 3.8) is 0 Å². The minimum absolute atomic E-state index is 0.0136. The topological polar surface area (TPSA) is 171 Å². The van der Waals surface area contributed by atoms with E-state index in [-0.39, 0.29) is 18.7 Å². The molecule has 10 nitrogen and oxygen atoms in total. The van der Waals surface area contributed by atoms with Crippen LogP contribution in [0.2, 0.25) is 0 Å². The number of phenolic OH excluding ortho intramolecular Hbond substituents is 1. The van der Waals surface area contributed by atoms with Gasteiger partial charge < -0.3 is 31.9 Å². The Balaban J connectivity index is 2.45. The summed E-state index contributed by atoms with van der Waals surface area (Å²) in [6, 6.07) is 3.95. The van der Waals surface area contributed by atoms with Crippen LogP contribution in [0.4, 0.5) is 0 Å². The first-order valence-electron chi connectivity index (χ1n) is 7.79. The van der Waals surface area contributed by atoms with E-state index < -0.39 is 42.3 Å². The van der Waals surface area contributed by atoms with Gasteiger partial charge in [-0.2, -0.15) is 0 Å². The molecule has 2 atom stereocenters. The number of carboxylic acids is 1. The van der Waals surface area contributed by atoms with E-state index in [0.29, 0.717) is 5.56 Å². The van der Waals surface area contributed by atoms with E-state index in [1.165, 1.54) is 19.1 Å². The molecule has 0 aromatic heterocycles. The summed E-state index contributed by atoms with van der Waals surface area (Å²) in [5, 5.41) is 25.3. The van der Waals surface area contributed by atoms with Crippen LogP contribution in [0.1, 0.15) is 12.5 Å². The van der Waals surface area contributed by atoms with E-state index in [1.807, 2.05) is 0 Å². The number of rotatable bonds is 9. The average molecular weight is 366 g/mol. The number of hydrogen-bond acceptors (Lipinski definition) is 6. The van der Waals surface area contributed by atoms with Crippen molar-refractivity contribution in [2.75, 3.05) is 13.1 Å². The van der Waals surface area contributed by atoms with Crippen LogP contribution in [0.5, 0.6) is 5.75 Å². The maximum Gasteiger partial charge on any atom is 0.326 e. The zero-order valence-corrected chi connectivity index (χ0v) is 14.2. The standard InChI is InChI=1S/C16H22N4O6/c1-9(17)15(24)19-7-13(22)18-8-14(23)20-12(16(25)26)6-10-2-4-11(21)5-3-10/h2-5,9,12,21H,6-8,17H2,1H3,(H,18,22)(H,19,24)(H,20,23)(H,25,26). The van der Waals surface area contributed by atoms with E-state index in [9.17, 15) is 29.4 Å². The van der Waals surface area contributed by atoms with Crippen molar-refractivity contribution in [2.24, 2.45) is 5.73 Å². The van der Waals surface area contributed by atoms with Crippen molar-refractivity contribution in [1.29, 1.82) is 0 Å². The molecule has 0 radical (unpaired) electrons. The minimum Gasteiger partial charge on any atom is -0.508 e. The number of carbonyl (C=O) groups is 4. The quantitative estimate of drug-likeness (QED) is 0.296. The second kappa shape index (κ2) is 9.99. The first-order valence-corrected chi connectivity index (χ1v) is 7.79. The summed E-state index contributed by atoms with van der Waals surface area (Å²) in [5.74, 6) is -3.00. The molecule has 1 aromatic rings. The average Bonchev–Trinajstić information content (AvgIpc) is 2.58. The first kappa shape index (κ1) is 20.9. The molecule has 1 rings (SSSR count). The number of nitrogens with two attached hydrogens (primary N) is 1. The molecule has 2 unspecified atom stereocenters. The zero-order chi connectivity index (χ0) is 19.7. The highest BCUT2D eigenvalue weighted by Gasteiger charge is 2.20. The fraction of sp³-hybridized carbons (Fsp3) is 0.375. The molecule has 0 heterocycles. The van der Waals surface area contributed by atoms with E-state index in [2.05, 4.69) is 16.0 Å². The van der Waals surface area contributed by atoms with Gasteiger partial charge in [-0.15, -0.1) is 0 Å². The molecule has 142 valence electrons. The number of carboxylic acid groups (broad SMARTS) is 1. The minimum atomic E-state index is -1.23. The summed E-state index contributed by atoms with van der Waals surface area (Å²) < 4.78 is 0. The lowest BCUT2D eigenvalue weighted by Gasteiger charge is -2.15. The lowest BCUT2D eigenvalue weighted by atomic mass is 10.1. The largest absolute Gasteiger partial charge is 0.508 e. The zero-order valence-electron chi connectivity index (χ0n) is 14.2. The molecule has 26 heavy (non-hydrogen) atoms. The molecule has 0 saturated heterocycles. The van der Waals surface area contributed by atoms with Gasteiger partial charge >= 0.3 is 5.97 Å². The summed E-state index contributed by atoms with van der Waals surface area (Å²) in [5.41, 5.74) is 5.93. The van der Waals surface area contributed by atoms with Crippen molar-refractivity contribution in [3.05, 3.63) is 29.8 Å². The molecule has 1 aromatic carbocycles. The highest BCUT2D eigenvalue weighted by atomic mass is 16.4. The number of aliphatic carboxylic acids is 1. The summed E-state index contributed by atoms with van der Waals surface area (Å²) >= 11 is 0. The number of aromatic hydroxyl groups is 1. The van der Waals surface area contributed by atoms with Crippen molar-refractivity contribution in [1.82, 2.24) is 16.0 Å². The fourth-order valence-electron chi connectivity index (χ4n) is 1.88. The second-order valence-electron chi connectivity index (χ2n) is 5.61. The summed E-state index contributed by atoms with van der Waals surface area (Å²) in [6.07, 6.45) is 0.0136. The first-order chi connectivity index (χ1) is 12.2.